The Kier molecular flexibility index (Phi) is 8.63. The fraction of sp³-hybridized carbons (Fsp3) is 0.0769. The van der Waals surface area contributed by atoms with Crippen LogP contribution in [-0.4, -0.2) is 6.71 Å². The predicted molar refractivity (Wildman–Crippen MR) is 243 cm³/mol. The minimum absolute atomic E-state index is 0.0343. The zero-order chi connectivity index (χ0) is 38.8. The normalized spacial score (nSPS) is 12.7. The molecule has 274 valence electrons. The Morgan fingerprint density at radius 3 is 1.68 bits per heavy atom. The Morgan fingerprint density at radius 2 is 1.07 bits per heavy atom. The molecular formula is C52H38BCl2NO. The first-order valence-electron chi connectivity index (χ1n) is 19.4. The number of ether oxygens (including phenoxy) is 1. The Hall–Kier alpha value is -6.00. The van der Waals surface area contributed by atoms with Gasteiger partial charge in [0, 0.05) is 27.5 Å². The summed E-state index contributed by atoms with van der Waals surface area (Å²) in [6, 6.07) is 62.9. The molecule has 10 rings (SSSR count). The van der Waals surface area contributed by atoms with Crippen LogP contribution in [0.1, 0.15) is 26.3 Å². The first-order chi connectivity index (χ1) is 27.7. The zero-order valence-electron chi connectivity index (χ0n) is 31.9. The van der Waals surface area contributed by atoms with E-state index in [1.54, 1.807) is 6.07 Å². The van der Waals surface area contributed by atoms with E-state index in [1.165, 1.54) is 5.56 Å². The smallest absolute Gasteiger partial charge is 0.256 e. The number of para-hydroxylation sites is 1. The molecule has 2 nitrogen and oxygen atoms in total. The highest BCUT2D eigenvalue weighted by Gasteiger charge is 2.44. The second kappa shape index (κ2) is 13.9. The Morgan fingerprint density at radius 1 is 0.491 bits per heavy atom. The van der Waals surface area contributed by atoms with Crippen molar-refractivity contribution in [3.05, 3.63) is 192 Å². The average Bonchev–Trinajstić information content (AvgIpc) is 3.24. The van der Waals surface area contributed by atoms with E-state index in [1.807, 2.05) is 6.07 Å². The zero-order valence-corrected chi connectivity index (χ0v) is 33.4. The minimum atomic E-state index is -0.203. The maximum absolute atomic E-state index is 7.05. The van der Waals surface area contributed by atoms with Crippen LogP contribution in [0.5, 0.6) is 11.5 Å². The number of fused-ring (bicyclic) bond motifs is 4. The molecule has 0 aliphatic carbocycles. The van der Waals surface area contributed by atoms with Gasteiger partial charge in [-0.05, 0) is 91.1 Å². The second-order valence-electron chi connectivity index (χ2n) is 16.0. The van der Waals surface area contributed by atoms with Crippen LogP contribution in [0.15, 0.2) is 176 Å². The average molecular weight is 775 g/mol. The number of nitrogens with zero attached hydrogens (tertiary/aromatic N) is 1. The summed E-state index contributed by atoms with van der Waals surface area (Å²) >= 11 is 13.9. The van der Waals surface area contributed by atoms with Crippen LogP contribution >= 0.6 is 23.2 Å². The number of hydrogen-bond donors (Lipinski definition) is 0. The van der Waals surface area contributed by atoms with Crippen molar-refractivity contribution in [2.75, 3.05) is 4.90 Å². The van der Waals surface area contributed by atoms with Crippen molar-refractivity contribution >= 4 is 63.4 Å². The summed E-state index contributed by atoms with van der Waals surface area (Å²) in [6.07, 6.45) is 0. The van der Waals surface area contributed by atoms with Crippen molar-refractivity contribution in [1.82, 2.24) is 0 Å². The van der Waals surface area contributed by atoms with Crippen LogP contribution < -0.4 is 26.0 Å². The highest BCUT2D eigenvalue weighted by Crippen LogP contribution is 2.50. The number of halogens is 2. The van der Waals surface area contributed by atoms with E-state index in [4.69, 9.17) is 27.9 Å². The molecule has 0 N–H and O–H groups in total. The monoisotopic (exact) mass is 773 g/mol. The molecule has 2 heterocycles. The van der Waals surface area contributed by atoms with Gasteiger partial charge in [0.05, 0.1) is 10.7 Å². The topological polar surface area (TPSA) is 12.5 Å². The largest absolute Gasteiger partial charge is 0.457 e. The van der Waals surface area contributed by atoms with E-state index in [0.29, 0.717) is 15.8 Å². The molecule has 0 amide bonds. The molecule has 0 saturated carbocycles. The van der Waals surface area contributed by atoms with E-state index in [2.05, 4.69) is 189 Å². The molecule has 0 bridgehead atoms. The van der Waals surface area contributed by atoms with Crippen LogP contribution in [0.2, 0.25) is 10.0 Å². The van der Waals surface area contributed by atoms with Crippen molar-refractivity contribution in [2.45, 2.75) is 26.2 Å². The Labute approximate surface area is 345 Å². The summed E-state index contributed by atoms with van der Waals surface area (Å²) in [4.78, 5) is 2.48. The highest BCUT2D eigenvalue weighted by atomic mass is 35.5. The number of rotatable bonds is 5. The molecule has 0 fully saturated rings. The first kappa shape index (κ1) is 35.4. The minimum Gasteiger partial charge on any atom is -0.457 e. The Bertz CT molecular complexity index is 2760. The lowest BCUT2D eigenvalue weighted by atomic mass is 9.34. The third-order valence-corrected chi connectivity index (χ3v) is 11.9. The van der Waals surface area contributed by atoms with Crippen LogP contribution in [-0.2, 0) is 5.41 Å². The highest BCUT2D eigenvalue weighted by molar-refractivity contribution is 6.99. The molecular weight excluding hydrogens is 736 g/mol. The van der Waals surface area contributed by atoms with Crippen molar-refractivity contribution < 1.29 is 4.74 Å². The van der Waals surface area contributed by atoms with E-state index < -0.39 is 0 Å². The number of anilines is 3. The van der Waals surface area contributed by atoms with Crippen LogP contribution in [0.25, 0.3) is 44.5 Å². The van der Waals surface area contributed by atoms with Crippen molar-refractivity contribution in [1.29, 1.82) is 0 Å². The van der Waals surface area contributed by atoms with Crippen molar-refractivity contribution in [3.8, 4) is 56.0 Å². The standard InChI is InChI=1S/C52H38BCl2NO/c1-52(2,3)39-25-22-34(23-26-39)38-29-47-49-48(30-38)57-51-44(31-40(54)32-45(51)55)53(49)43-28-37(33-14-7-4-8-15-33)24-27-46(43)56(47)50-41(35-16-9-5-10-17-35)20-13-21-42(50)36-18-11-6-12-19-36/h4-32H,1-3H3. The molecule has 0 radical (unpaired) electrons. The third kappa shape index (κ3) is 6.14. The molecule has 8 aromatic rings. The van der Waals surface area contributed by atoms with Gasteiger partial charge >= 0.3 is 0 Å². The first-order valence-corrected chi connectivity index (χ1v) is 20.2. The Balaban J connectivity index is 1.33. The molecule has 5 heteroatoms. The predicted octanol–water partition coefficient (Wildman–Crippen LogP) is 13.4. The summed E-state index contributed by atoms with van der Waals surface area (Å²) < 4.78 is 6.98. The fourth-order valence-corrected chi connectivity index (χ4v) is 9.20. The van der Waals surface area contributed by atoms with Gasteiger partial charge in [-0.1, -0.05) is 190 Å². The van der Waals surface area contributed by atoms with Gasteiger partial charge in [0.15, 0.2) is 0 Å². The van der Waals surface area contributed by atoms with Gasteiger partial charge in [0.25, 0.3) is 6.71 Å². The quantitative estimate of drug-likeness (QED) is 0.162. The van der Waals surface area contributed by atoms with Crippen molar-refractivity contribution in [3.63, 3.8) is 0 Å². The van der Waals surface area contributed by atoms with Crippen molar-refractivity contribution in [2.24, 2.45) is 0 Å². The van der Waals surface area contributed by atoms with Crippen LogP contribution in [0.3, 0.4) is 0 Å². The fourth-order valence-electron chi connectivity index (χ4n) is 8.65. The van der Waals surface area contributed by atoms with Gasteiger partial charge < -0.3 is 9.64 Å². The van der Waals surface area contributed by atoms with E-state index in [0.717, 1.165) is 83.7 Å². The lowest BCUT2D eigenvalue weighted by Gasteiger charge is -2.42. The second-order valence-corrected chi connectivity index (χ2v) is 16.8. The van der Waals surface area contributed by atoms with Gasteiger partial charge in [-0.25, -0.2) is 0 Å². The van der Waals surface area contributed by atoms with Crippen LogP contribution in [0.4, 0.5) is 17.1 Å². The SMILES string of the molecule is CC(C)(C)c1ccc(-c2cc3c4c(c2)N(c2c(-c5ccccc5)cccc2-c2ccccc2)c2ccc(-c5ccccc5)cc2B4c2cc(Cl)cc(Cl)c2O3)cc1. The molecule has 2 aliphatic heterocycles. The van der Waals surface area contributed by atoms with E-state index >= 15 is 0 Å². The van der Waals surface area contributed by atoms with Gasteiger partial charge in [0.2, 0.25) is 0 Å². The molecule has 57 heavy (non-hydrogen) atoms. The van der Waals surface area contributed by atoms with Gasteiger partial charge in [0.1, 0.15) is 11.5 Å². The van der Waals surface area contributed by atoms with Gasteiger partial charge in [-0.15, -0.1) is 0 Å². The molecule has 8 aromatic carbocycles. The summed E-state index contributed by atoms with van der Waals surface area (Å²) in [5, 5.41) is 1.07. The molecule has 0 spiro atoms. The summed E-state index contributed by atoms with van der Waals surface area (Å²) in [7, 11) is 0. The van der Waals surface area contributed by atoms with E-state index in [9.17, 15) is 0 Å². The van der Waals surface area contributed by atoms with Crippen LogP contribution in [0, 0.1) is 0 Å². The molecule has 0 saturated heterocycles. The molecule has 0 atom stereocenters. The molecule has 0 unspecified atom stereocenters. The number of hydrogen-bond acceptors (Lipinski definition) is 2. The van der Waals surface area contributed by atoms with Gasteiger partial charge in [-0.3, -0.25) is 0 Å². The lowest BCUT2D eigenvalue weighted by molar-refractivity contribution is 0.488. The summed E-state index contributed by atoms with van der Waals surface area (Å²) in [5.74, 6) is 1.42. The maximum atomic E-state index is 7.05. The van der Waals surface area contributed by atoms with E-state index in [-0.39, 0.29) is 12.1 Å². The molecule has 0 aromatic heterocycles. The maximum Gasteiger partial charge on any atom is 0.256 e. The van der Waals surface area contributed by atoms with Gasteiger partial charge in [-0.2, -0.15) is 0 Å². The third-order valence-electron chi connectivity index (χ3n) is 11.4. The lowest BCUT2D eigenvalue weighted by Crippen LogP contribution is -2.59. The molecule has 2 aliphatic rings. The summed E-state index contributed by atoms with van der Waals surface area (Å²) in [6.45, 7) is 6.55. The number of benzene rings is 8. The summed E-state index contributed by atoms with van der Waals surface area (Å²) in [5.41, 5.74) is 16.7.